The number of nitrogens with two attached hydrogens (primary N) is 1. The van der Waals surface area contributed by atoms with Gasteiger partial charge in [-0.25, -0.2) is 0 Å². The highest BCUT2D eigenvalue weighted by molar-refractivity contribution is 5.27. The molecule has 1 aromatic rings. The Hall–Kier alpha value is -1.10. The number of benzene rings is 1. The van der Waals surface area contributed by atoms with E-state index in [9.17, 15) is 5.11 Å². The molecule has 1 saturated carbocycles. The van der Waals surface area contributed by atoms with E-state index in [-0.39, 0.29) is 6.61 Å². The van der Waals surface area contributed by atoms with Crippen molar-refractivity contribution in [2.45, 2.75) is 25.5 Å². The van der Waals surface area contributed by atoms with Gasteiger partial charge in [0, 0.05) is 13.2 Å². The van der Waals surface area contributed by atoms with E-state index in [2.05, 4.69) is 0 Å². The molecule has 1 unspecified atom stereocenters. The maximum atomic E-state index is 9.67. The molecule has 1 aliphatic rings. The molecular weight excluding hydrogens is 230 g/mol. The SMILES string of the molecule is NCc1ccc(OCC(O)COCC2CC2)cc1. The number of ether oxygens (including phenoxy) is 2. The number of hydrogen-bond donors (Lipinski definition) is 2. The summed E-state index contributed by atoms with van der Waals surface area (Å²) >= 11 is 0. The average Bonchev–Trinajstić information content (AvgIpc) is 3.21. The predicted molar refractivity (Wildman–Crippen MR) is 69.4 cm³/mol. The van der Waals surface area contributed by atoms with Crippen molar-refractivity contribution >= 4 is 0 Å². The summed E-state index contributed by atoms with van der Waals surface area (Å²) in [6.07, 6.45) is 1.96. The Labute approximate surface area is 108 Å². The van der Waals surface area contributed by atoms with Crippen LogP contribution in [-0.2, 0) is 11.3 Å². The van der Waals surface area contributed by atoms with Crippen LogP contribution in [0.5, 0.6) is 5.75 Å². The molecule has 0 spiro atoms. The Balaban J connectivity index is 1.62. The Morgan fingerprint density at radius 1 is 1.22 bits per heavy atom. The summed E-state index contributed by atoms with van der Waals surface area (Å²) in [5.41, 5.74) is 6.57. The summed E-state index contributed by atoms with van der Waals surface area (Å²) in [6, 6.07) is 7.57. The van der Waals surface area contributed by atoms with Crippen LogP contribution >= 0.6 is 0 Å². The van der Waals surface area contributed by atoms with Gasteiger partial charge in [-0.15, -0.1) is 0 Å². The van der Waals surface area contributed by atoms with Crippen LogP contribution in [0.15, 0.2) is 24.3 Å². The molecule has 1 aliphatic carbocycles. The second-order valence-electron chi connectivity index (χ2n) is 4.79. The second-order valence-corrected chi connectivity index (χ2v) is 4.79. The molecule has 1 aromatic carbocycles. The highest BCUT2D eigenvalue weighted by atomic mass is 16.5. The van der Waals surface area contributed by atoms with Gasteiger partial charge < -0.3 is 20.3 Å². The third-order valence-corrected chi connectivity index (χ3v) is 2.96. The molecule has 4 heteroatoms. The third kappa shape index (κ3) is 4.64. The summed E-state index contributed by atoms with van der Waals surface area (Å²) < 4.78 is 10.9. The van der Waals surface area contributed by atoms with E-state index in [0.29, 0.717) is 13.2 Å². The highest BCUT2D eigenvalue weighted by Crippen LogP contribution is 2.28. The van der Waals surface area contributed by atoms with Crippen LogP contribution in [0.25, 0.3) is 0 Å². The number of hydrogen-bond acceptors (Lipinski definition) is 4. The van der Waals surface area contributed by atoms with Crippen molar-refractivity contribution in [3.8, 4) is 5.75 Å². The lowest BCUT2D eigenvalue weighted by Crippen LogP contribution is -2.24. The monoisotopic (exact) mass is 251 g/mol. The molecule has 0 heterocycles. The highest BCUT2D eigenvalue weighted by Gasteiger charge is 2.21. The van der Waals surface area contributed by atoms with E-state index >= 15 is 0 Å². The Kier molecular flexibility index (Phi) is 4.99. The zero-order valence-electron chi connectivity index (χ0n) is 10.5. The summed E-state index contributed by atoms with van der Waals surface area (Å²) in [6.45, 7) is 1.89. The van der Waals surface area contributed by atoms with Crippen LogP contribution in [0, 0.1) is 5.92 Å². The zero-order chi connectivity index (χ0) is 12.8. The molecule has 1 atom stereocenters. The van der Waals surface area contributed by atoms with Crippen LogP contribution in [0.1, 0.15) is 18.4 Å². The molecule has 2 rings (SSSR count). The zero-order valence-corrected chi connectivity index (χ0v) is 10.5. The molecule has 0 aromatic heterocycles. The molecule has 18 heavy (non-hydrogen) atoms. The van der Waals surface area contributed by atoms with Crippen molar-refractivity contribution in [2.75, 3.05) is 19.8 Å². The fourth-order valence-electron chi connectivity index (χ4n) is 1.62. The Morgan fingerprint density at radius 3 is 2.56 bits per heavy atom. The first-order valence-corrected chi connectivity index (χ1v) is 6.45. The number of aliphatic hydroxyl groups excluding tert-OH is 1. The normalized spacial score (nSPS) is 16.6. The van der Waals surface area contributed by atoms with E-state index < -0.39 is 6.10 Å². The molecule has 3 N–H and O–H groups in total. The minimum absolute atomic E-state index is 0.257. The van der Waals surface area contributed by atoms with E-state index in [0.717, 1.165) is 23.8 Å². The quantitative estimate of drug-likeness (QED) is 0.731. The van der Waals surface area contributed by atoms with Gasteiger partial charge in [0.1, 0.15) is 18.5 Å². The van der Waals surface area contributed by atoms with Gasteiger partial charge in [-0.2, -0.15) is 0 Å². The van der Waals surface area contributed by atoms with Gasteiger partial charge in [0.05, 0.1) is 6.61 Å². The van der Waals surface area contributed by atoms with Crippen LogP contribution in [0.2, 0.25) is 0 Å². The fraction of sp³-hybridized carbons (Fsp3) is 0.571. The largest absolute Gasteiger partial charge is 0.491 e. The van der Waals surface area contributed by atoms with Crippen LogP contribution < -0.4 is 10.5 Å². The predicted octanol–water partition coefficient (Wildman–Crippen LogP) is 1.31. The van der Waals surface area contributed by atoms with Crippen molar-refractivity contribution in [2.24, 2.45) is 11.7 Å². The first-order valence-electron chi connectivity index (χ1n) is 6.45. The lowest BCUT2D eigenvalue weighted by Gasteiger charge is -2.12. The average molecular weight is 251 g/mol. The minimum Gasteiger partial charge on any atom is -0.491 e. The first kappa shape index (κ1) is 13.3. The molecule has 0 aliphatic heterocycles. The summed E-state index contributed by atoms with van der Waals surface area (Å²) in [5.74, 6) is 1.47. The molecule has 0 saturated heterocycles. The summed E-state index contributed by atoms with van der Waals surface area (Å²) in [7, 11) is 0. The molecule has 0 bridgehead atoms. The van der Waals surface area contributed by atoms with Gasteiger partial charge in [-0.3, -0.25) is 0 Å². The van der Waals surface area contributed by atoms with Crippen LogP contribution in [-0.4, -0.2) is 31.0 Å². The van der Waals surface area contributed by atoms with Crippen molar-refractivity contribution in [3.05, 3.63) is 29.8 Å². The lowest BCUT2D eigenvalue weighted by molar-refractivity contribution is 0.00871. The number of rotatable bonds is 8. The van der Waals surface area contributed by atoms with Gasteiger partial charge in [0.15, 0.2) is 0 Å². The molecule has 0 radical (unpaired) electrons. The van der Waals surface area contributed by atoms with Crippen molar-refractivity contribution in [1.82, 2.24) is 0 Å². The fourth-order valence-corrected chi connectivity index (χ4v) is 1.62. The molecule has 100 valence electrons. The third-order valence-electron chi connectivity index (χ3n) is 2.96. The topological polar surface area (TPSA) is 64.7 Å². The second kappa shape index (κ2) is 6.73. The van der Waals surface area contributed by atoms with Crippen LogP contribution in [0.4, 0.5) is 0 Å². The Bertz CT molecular complexity index is 349. The Morgan fingerprint density at radius 2 is 1.94 bits per heavy atom. The van der Waals surface area contributed by atoms with Gasteiger partial charge in [-0.05, 0) is 36.5 Å². The lowest BCUT2D eigenvalue weighted by atomic mass is 10.2. The number of aliphatic hydroxyl groups is 1. The molecule has 0 amide bonds. The van der Waals surface area contributed by atoms with E-state index in [4.69, 9.17) is 15.2 Å². The smallest absolute Gasteiger partial charge is 0.119 e. The maximum absolute atomic E-state index is 9.67. The maximum Gasteiger partial charge on any atom is 0.119 e. The first-order chi connectivity index (χ1) is 8.78. The van der Waals surface area contributed by atoms with Gasteiger partial charge in [-0.1, -0.05) is 12.1 Å². The summed E-state index contributed by atoms with van der Waals surface area (Å²) in [5, 5.41) is 9.67. The molecule has 1 fully saturated rings. The van der Waals surface area contributed by atoms with Crippen molar-refractivity contribution in [1.29, 1.82) is 0 Å². The minimum atomic E-state index is -0.571. The standard InChI is InChI=1S/C14H21NO3/c15-7-11-3-5-14(6-4-11)18-10-13(16)9-17-8-12-1-2-12/h3-6,12-13,16H,1-2,7-10,15H2. The van der Waals surface area contributed by atoms with E-state index in [1.807, 2.05) is 24.3 Å². The van der Waals surface area contributed by atoms with E-state index in [1.165, 1.54) is 12.8 Å². The van der Waals surface area contributed by atoms with Gasteiger partial charge in [0.25, 0.3) is 0 Å². The van der Waals surface area contributed by atoms with Crippen LogP contribution in [0.3, 0.4) is 0 Å². The molecular formula is C14H21NO3. The van der Waals surface area contributed by atoms with Gasteiger partial charge >= 0.3 is 0 Å². The van der Waals surface area contributed by atoms with Crippen molar-refractivity contribution in [3.63, 3.8) is 0 Å². The van der Waals surface area contributed by atoms with E-state index in [1.54, 1.807) is 0 Å². The summed E-state index contributed by atoms with van der Waals surface area (Å²) in [4.78, 5) is 0. The van der Waals surface area contributed by atoms with Crippen molar-refractivity contribution < 1.29 is 14.6 Å². The van der Waals surface area contributed by atoms with Gasteiger partial charge in [0.2, 0.25) is 0 Å². The molecule has 4 nitrogen and oxygen atoms in total.